The summed E-state index contributed by atoms with van der Waals surface area (Å²) in [6.45, 7) is 3.06. The van der Waals surface area contributed by atoms with Gasteiger partial charge in [-0.1, -0.05) is 24.3 Å². The molecule has 1 amide bonds. The van der Waals surface area contributed by atoms with Crippen molar-refractivity contribution < 1.29 is 13.2 Å². The van der Waals surface area contributed by atoms with Gasteiger partial charge in [-0.3, -0.25) is 18.6 Å². The van der Waals surface area contributed by atoms with Crippen LogP contribution in [0.3, 0.4) is 0 Å². The van der Waals surface area contributed by atoms with Gasteiger partial charge in [0.25, 0.3) is 21.5 Å². The lowest BCUT2D eigenvalue weighted by atomic mass is 10.1. The Hall–Kier alpha value is -3.33. The van der Waals surface area contributed by atoms with Gasteiger partial charge in [-0.05, 0) is 56.5 Å². The first kappa shape index (κ1) is 22.8. The Morgan fingerprint density at radius 1 is 0.970 bits per heavy atom. The molecule has 4 rings (SSSR count). The maximum atomic E-state index is 13.5. The van der Waals surface area contributed by atoms with Crippen LogP contribution in [0.4, 0.5) is 5.69 Å². The zero-order chi connectivity index (χ0) is 23.8. The number of hydrogen-bond donors (Lipinski definition) is 0. The van der Waals surface area contributed by atoms with Crippen LogP contribution in [0.25, 0.3) is 5.69 Å². The number of carbonyl (C=O) groups is 1. The van der Waals surface area contributed by atoms with E-state index in [1.165, 1.54) is 23.9 Å². The molecular weight excluding hydrogens is 440 g/mol. The monoisotopic (exact) mass is 468 g/mol. The Labute approximate surface area is 193 Å². The fourth-order valence-corrected chi connectivity index (χ4v) is 5.56. The van der Waals surface area contributed by atoms with E-state index in [1.807, 2.05) is 18.2 Å². The molecule has 1 aliphatic heterocycles. The highest BCUT2D eigenvalue weighted by atomic mass is 32.2. The van der Waals surface area contributed by atoms with E-state index in [2.05, 4.69) is 0 Å². The van der Waals surface area contributed by atoms with Crippen molar-refractivity contribution in [1.82, 2.24) is 14.3 Å². The number of rotatable bonds is 5. The molecule has 33 heavy (non-hydrogen) atoms. The number of anilines is 1. The number of sulfonamides is 1. The molecule has 1 fully saturated rings. The average Bonchev–Trinajstić information content (AvgIpc) is 3.07. The molecule has 0 N–H and O–H groups in total. The van der Waals surface area contributed by atoms with Gasteiger partial charge in [-0.15, -0.1) is 0 Å². The van der Waals surface area contributed by atoms with Gasteiger partial charge in [0.1, 0.15) is 5.69 Å². The molecule has 0 aliphatic carbocycles. The minimum atomic E-state index is -4.07. The van der Waals surface area contributed by atoms with Gasteiger partial charge < -0.3 is 4.90 Å². The zero-order valence-electron chi connectivity index (χ0n) is 19.1. The molecule has 8 nitrogen and oxygen atoms in total. The van der Waals surface area contributed by atoms with E-state index >= 15 is 0 Å². The third kappa shape index (κ3) is 4.08. The van der Waals surface area contributed by atoms with Crippen molar-refractivity contribution in [2.75, 3.05) is 24.4 Å². The van der Waals surface area contributed by atoms with Crippen LogP contribution in [0, 0.1) is 6.92 Å². The summed E-state index contributed by atoms with van der Waals surface area (Å²) in [5.74, 6) is -0.170. The molecule has 0 atom stereocenters. The van der Waals surface area contributed by atoms with Crippen LogP contribution in [-0.2, 0) is 17.1 Å². The van der Waals surface area contributed by atoms with Crippen LogP contribution in [0.2, 0.25) is 0 Å². The Bertz CT molecular complexity index is 1340. The van der Waals surface area contributed by atoms with Crippen molar-refractivity contribution in [2.24, 2.45) is 7.05 Å². The number of likely N-dealkylation sites (tertiary alicyclic amines) is 1. The summed E-state index contributed by atoms with van der Waals surface area (Å²) in [5, 5.41) is 0. The number of piperidine rings is 1. The van der Waals surface area contributed by atoms with Crippen molar-refractivity contribution in [2.45, 2.75) is 31.1 Å². The summed E-state index contributed by atoms with van der Waals surface area (Å²) >= 11 is 0. The van der Waals surface area contributed by atoms with E-state index in [0.29, 0.717) is 30.0 Å². The van der Waals surface area contributed by atoms with E-state index in [-0.39, 0.29) is 16.5 Å². The SMILES string of the molecule is Cc1c(N(C)S(=O)(=O)c2cccc(C(=O)N3CCCCC3)c2)c(=O)n(-c2ccccc2)n1C. The second-order valence-corrected chi connectivity index (χ2v) is 10.2. The molecule has 1 aliphatic rings. The molecule has 174 valence electrons. The van der Waals surface area contributed by atoms with Crippen LogP contribution in [0.1, 0.15) is 35.3 Å². The average molecular weight is 469 g/mol. The van der Waals surface area contributed by atoms with Crippen LogP contribution in [0.15, 0.2) is 64.3 Å². The first-order chi connectivity index (χ1) is 15.7. The Morgan fingerprint density at radius 2 is 1.64 bits per heavy atom. The van der Waals surface area contributed by atoms with Crippen molar-refractivity contribution >= 4 is 21.6 Å². The van der Waals surface area contributed by atoms with Crippen LogP contribution >= 0.6 is 0 Å². The fourth-order valence-electron chi connectivity index (χ4n) is 4.26. The maximum absolute atomic E-state index is 13.5. The number of para-hydroxylation sites is 1. The minimum absolute atomic E-state index is 0.0261. The van der Waals surface area contributed by atoms with Crippen molar-refractivity contribution in [3.8, 4) is 5.69 Å². The quantitative estimate of drug-likeness (QED) is 0.576. The maximum Gasteiger partial charge on any atom is 0.296 e. The largest absolute Gasteiger partial charge is 0.339 e. The molecule has 2 aromatic carbocycles. The fraction of sp³-hybridized carbons (Fsp3) is 0.333. The highest BCUT2D eigenvalue weighted by molar-refractivity contribution is 7.92. The number of hydrogen-bond acceptors (Lipinski definition) is 4. The molecular formula is C24H28N4O4S. The van der Waals surface area contributed by atoms with E-state index in [9.17, 15) is 18.0 Å². The van der Waals surface area contributed by atoms with E-state index < -0.39 is 15.6 Å². The lowest BCUT2D eigenvalue weighted by molar-refractivity contribution is 0.0724. The van der Waals surface area contributed by atoms with E-state index in [0.717, 1.165) is 23.6 Å². The second-order valence-electron chi connectivity index (χ2n) is 8.26. The van der Waals surface area contributed by atoms with Gasteiger partial charge >= 0.3 is 0 Å². The predicted molar refractivity (Wildman–Crippen MR) is 128 cm³/mol. The Morgan fingerprint density at radius 3 is 2.30 bits per heavy atom. The van der Waals surface area contributed by atoms with Crippen LogP contribution in [0.5, 0.6) is 0 Å². The molecule has 3 aromatic rings. The first-order valence-electron chi connectivity index (χ1n) is 11.0. The van der Waals surface area contributed by atoms with Crippen molar-refractivity contribution in [1.29, 1.82) is 0 Å². The topological polar surface area (TPSA) is 84.6 Å². The molecule has 2 heterocycles. The summed E-state index contributed by atoms with van der Waals surface area (Å²) in [4.78, 5) is 27.9. The summed E-state index contributed by atoms with van der Waals surface area (Å²) in [6.07, 6.45) is 3.00. The summed E-state index contributed by atoms with van der Waals surface area (Å²) in [7, 11) is -0.991. The summed E-state index contributed by atoms with van der Waals surface area (Å²) < 4.78 is 31.1. The van der Waals surface area contributed by atoms with Crippen LogP contribution < -0.4 is 9.86 Å². The second kappa shape index (κ2) is 8.90. The van der Waals surface area contributed by atoms with Gasteiger partial charge in [-0.25, -0.2) is 13.1 Å². The van der Waals surface area contributed by atoms with Gasteiger partial charge in [-0.2, -0.15) is 0 Å². The molecule has 0 radical (unpaired) electrons. The smallest absolute Gasteiger partial charge is 0.296 e. The third-order valence-corrected chi connectivity index (χ3v) is 7.97. The van der Waals surface area contributed by atoms with Crippen LogP contribution in [-0.4, -0.2) is 48.7 Å². The van der Waals surface area contributed by atoms with E-state index in [4.69, 9.17) is 0 Å². The van der Waals surface area contributed by atoms with E-state index in [1.54, 1.807) is 47.8 Å². The Balaban J connectivity index is 1.72. The first-order valence-corrected chi connectivity index (χ1v) is 12.4. The van der Waals surface area contributed by atoms with Gasteiger partial charge in [0, 0.05) is 32.7 Å². The third-order valence-electron chi connectivity index (χ3n) is 6.22. The highest BCUT2D eigenvalue weighted by Crippen LogP contribution is 2.25. The predicted octanol–water partition coefficient (Wildman–Crippen LogP) is 2.94. The number of nitrogens with zero attached hydrogens (tertiary/aromatic N) is 4. The molecule has 0 bridgehead atoms. The highest BCUT2D eigenvalue weighted by Gasteiger charge is 2.29. The number of benzene rings is 2. The minimum Gasteiger partial charge on any atom is -0.339 e. The van der Waals surface area contributed by atoms with Gasteiger partial charge in [0.05, 0.1) is 16.3 Å². The summed E-state index contributed by atoms with van der Waals surface area (Å²) in [5.41, 5.74) is 1.11. The number of amides is 1. The number of aromatic nitrogens is 2. The molecule has 9 heteroatoms. The standard InChI is InChI=1S/C24H28N4O4S/c1-18-22(24(30)28(25(18)2)20-12-6-4-7-13-20)26(3)33(31,32)21-14-10-11-19(17-21)23(29)27-15-8-5-9-16-27/h4,6-7,10-14,17H,5,8-9,15-16H2,1-3H3. The molecule has 1 aromatic heterocycles. The molecule has 1 saturated heterocycles. The molecule has 0 spiro atoms. The van der Waals surface area contributed by atoms with Gasteiger partial charge in [0.15, 0.2) is 0 Å². The number of carbonyl (C=O) groups excluding carboxylic acids is 1. The zero-order valence-corrected chi connectivity index (χ0v) is 19.9. The Kier molecular flexibility index (Phi) is 6.16. The lowest BCUT2D eigenvalue weighted by Gasteiger charge is -2.27. The summed E-state index contributed by atoms with van der Waals surface area (Å²) in [6, 6.07) is 15.1. The van der Waals surface area contributed by atoms with Crippen molar-refractivity contribution in [3.05, 3.63) is 76.2 Å². The molecule has 0 saturated carbocycles. The lowest BCUT2D eigenvalue weighted by Crippen LogP contribution is -2.36. The van der Waals surface area contributed by atoms with Gasteiger partial charge in [0.2, 0.25) is 0 Å². The molecule has 0 unspecified atom stereocenters. The van der Waals surface area contributed by atoms with Crippen molar-refractivity contribution in [3.63, 3.8) is 0 Å². The normalized spacial score (nSPS) is 14.3.